The van der Waals surface area contributed by atoms with Crippen LogP contribution in [0.2, 0.25) is 0 Å². The van der Waals surface area contributed by atoms with Crippen LogP contribution in [-0.2, 0) is 16.6 Å². The highest BCUT2D eigenvalue weighted by Gasteiger charge is 2.42. The Morgan fingerprint density at radius 3 is 2.69 bits per heavy atom. The molecule has 1 aliphatic carbocycles. The molecule has 0 bridgehead atoms. The lowest BCUT2D eigenvalue weighted by Crippen LogP contribution is -2.30. The number of rotatable bonds is 6. The van der Waals surface area contributed by atoms with Gasteiger partial charge in [0.05, 0.1) is 19.6 Å². The van der Waals surface area contributed by atoms with Crippen molar-refractivity contribution in [3.63, 3.8) is 0 Å². The van der Waals surface area contributed by atoms with Crippen LogP contribution < -0.4 is 14.8 Å². The summed E-state index contributed by atoms with van der Waals surface area (Å²) in [5.74, 6) is 2.68. The van der Waals surface area contributed by atoms with E-state index in [4.69, 9.17) is 19.0 Å². The molecular formula is C22H29N3O4. The largest absolute Gasteiger partial charge is 0.493 e. The highest BCUT2D eigenvalue weighted by atomic mass is 16.5. The smallest absolute Gasteiger partial charge is 0.227 e. The average Bonchev–Trinajstić information content (AvgIpc) is 3.38. The fourth-order valence-electron chi connectivity index (χ4n) is 4.69. The first-order chi connectivity index (χ1) is 14.2. The van der Waals surface area contributed by atoms with Crippen molar-refractivity contribution in [1.29, 1.82) is 0 Å². The van der Waals surface area contributed by atoms with Gasteiger partial charge in [-0.15, -0.1) is 0 Å². The van der Waals surface area contributed by atoms with Crippen LogP contribution in [0.5, 0.6) is 11.5 Å². The van der Waals surface area contributed by atoms with Crippen LogP contribution in [-0.4, -0.2) is 36.8 Å². The van der Waals surface area contributed by atoms with E-state index in [-0.39, 0.29) is 17.2 Å². The lowest BCUT2D eigenvalue weighted by Gasteiger charge is -2.26. The Morgan fingerprint density at radius 2 is 1.93 bits per heavy atom. The van der Waals surface area contributed by atoms with Crippen LogP contribution in [0.25, 0.3) is 0 Å². The molecule has 1 aromatic heterocycles. The van der Waals surface area contributed by atoms with Crippen molar-refractivity contribution < 1.29 is 18.8 Å². The molecule has 2 aliphatic rings. The summed E-state index contributed by atoms with van der Waals surface area (Å²) in [6.45, 7) is 0.757. The summed E-state index contributed by atoms with van der Waals surface area (Å²) in [6.07, 6.45) is 7.59. The van der Waals surface area contributed by atoms with Gasteiger partial charge in [0.25, 0.3) is 0 Å². The molecule has 2 aromatic rings. The molecule has 1 unspecified atom stereocenters. The molecule has 1 amide bonds. The second-order valence-electron chi connectivity index (χ2n) is 8.06. The summed E-state index contributed by atoms with van der Waals surface area (Å²) in [4.78, 5) is 17.0. The monoisotopic (exact) mass is 399 g/mol. The van der Waals surface area contributed by atoms with Crippen molar-refractivity contribution >= 4 is 5.91 Å². The quantitative estimate of drug-likeness (QED) is 0.801. The van der Waals surface area contributed by atoms with Gasteiger partial charge in [-0.1, -0.05) is 30.5 Å². The van der Waals surface area contributed by atoms with Gasteiger partial charge in [0.15, 0.2) is 17.3 Å². The predicted octanol–water partition coefficient (Wildman–Crippen LogP) is 3.41. The first kappa shape index (κ1) is 19.7. The van der Waals surface area contributed by atoms with Gasteiger partial charge in [-0.3, -0.25) is 4.79 Å². The third-order valence-corrected chi connectivity index (χ3v) is 6.36. The minimum Gasteiger partial charge on any atom is -0.493 e. The van der Waals surface area contributed by atoms with Crippen LogP contribution >= 0.6 is 0 Å². The summed E-state index contributed by atoms with van der Waals surface area (Å²) in [5, 5.41) is 7.35. The van der Waals surface area contributed by atoms with Crippen LogP contribution in [0, 0.1) is 5.92 Å². The van der Waals surface area contributed by atoms with Crippen molar-refractivity contribution in [2.24, 2.45) is 5.92 Å². The molecule has 0 spiro atoms. The number of nitrogens with zero attached hydrogens (tertiary/aromatic N) is 2. The molecule has 1 atom stereocenters. The number of amides is 1. The van der Waals surface area contributed by atoms with Gasteiger partial charge in [0.2, 0.25) is 11.8 Å². The van der Waals surface area contributed by atoms with Gasteiger partial charge in [-0.05, 0) is 43.4 Å². The maximum absolute atomic E-state index is 12.3. The molecule has 1 saturated heterocycles. The Labute approximate surface area is 171 Å². The van der Waals surface area contributed by atoms with Gasteiger partial charge in [0.1, 0.15) is 0 Å². The van der Waals surface area contributed by atoms with Gasteiger partial charge >= 0.3 is 0 Å². The molecule has 29 heavy (non-hydrogen) atoms. The molecule has 1 aliphatic heterocycles. The normalized spacial score (nSPS) is 21.4. The Kier molecular flexibility index (Phi) is 5.74. The molecule has 0 radical (unpaired) electrons. The maximum Gasteiger partial charge on any atom is 0.227 e. The van der Waals surface area contributed by atoms with Crippen molar-refractivity contribution in [1.82, 2.24) is 15.5 Å². The van der Waals surface area contributed by atoms with Gasteiger partial charge in [-0.25, -0.2) is 0 Å². The van der Waals surface area contributed by atoms with Crippen LogP contribution in [0.3, 0.4) is 0 Å². The molecule has 156 valence electrons. The Hall–Kier alpha value is -2.57. The van der Waals surface area contributed by atoms with E-state index in [2.05, 4.69) is 16.5 Å². The van der Waals surface area contributed by atoms with E-state index in [0.29, 0.717) is 29.6 Å². The van der Waals surface area contributed by atoms with Crippen LogP contribution in [0.1, 0.15) is 62.2 Å². The molecule has 2 heterocycles. The molecule has 1 aromatic carbocycles. The number of carbonyl (C=O) groups is 1. The Morgan fingerprint density at radius 1 is 1.14 bits per heavy atom. The molecule has 7 heteroatoms. The number of hydrogen-bond acceptors (Lipinski definition) is 6. The summed E-state index contributed by atoms with van der Waals surface area (Å²) in [5.41, 5.74) is 0.833. The van der Waals surface area contributed by atoms with Gasteiger partial charge in [-0.2, -0.15) is 4.98 Å². The number of carbonyl (C=O) groups excluding carboxylic acids is 1. The zero-order valence-electron chi connectivity index (χ0n) is 17.2. The van der Waals surface area contributed by atoms with Crippen LogP contribution in [0.15, 0.2) is 22.7 Å². The number of hydrogen-bond donors (Lipinski definition) is 1. The average molecular weight is 399 g/mol. The van der Waals surface area contributed by atoms with Crippen LogP contribution in [0.4, 0.5) is 0 Å². The molecule has 7 nitrogen and oxygen atoms in total. The third-order valence-electron chi connectivity index (χ3n) is 6.36. The zero-order chi connectivity index (χ0) is 20.3. The highest BCUT2D eigenvalue weighted by Crippen LogP contribution is 2.47. The van der Waals surface area contributed by atoms with E-state index in [1.54, 1.807) is 14.2 Å². The van der Waals surface area contributed by atoms with Crippen molar-refractivity contribution in [3.8, 4) is 11.5 Å². The first-order valence-corrected chi connectivity index (χ1v) is 10.5. The highest BCUT2D eigenvalue weighted by molar-refractivity contribution is 5.79. The SMILES string of the molecule is COc1ccc(C2(c3noc(CC4CCCCNC4=O)n3)CCCC2)cc1OC. The van der Waals surface area contributed by atoms with Crippen molar-refractivity contribution in [2.45, 2.75) is 56.8 Å². The van der Waals surface area contributed by atoms with Gasteiger partial charge in [0, 0.05) is 18.9 Å². The van der Waals surface area contributed by atoms with E-state index < -0.39 is 0 Å². The van der Waals surface area contributed by atoms with E-state index in [9.17, 15) is 4.79 Å². The maximum atomic E-state index is 12.3. The fourth-order valence-corrected chi connectivity index (χ4v) is 4.69. The number of aromatic nitrogens is 2. The number of ether oxygens (including phenoxy) is 2. The fraction of sp³-hybridized carbons (Fsp3) is 0.591. The molecular weight excluding hydrogens is 370 g/mol. The van der Waals surface area contributed by atoms with Crippen molar-refractivity contribution in [3.05, 3.63) is 35.5 Å². The number of benzene rings is 1. The molecule has 2 fully saturated rings. The molecule has 4 rings (SSSR count). The minimum atomic E-state index is -0.285. The lowest BCUT2D eigenvalue weighted by molar-refractivity contribution is -0.124. The third kappa shape index (κ3) is 3.82. The lowest BCUT2D eigenvalue weighted by atomic mass is 9.78. The summed E-state index contributed by atoms with van der Waals surface area (Å²) >= 11 is 0. The topological polar surface area (TPSA) is 86.5 Å². The van der Waals surface area contributed by atoms with Crippen molar-refractivity contribution in [2.75, 3.05) is 20.8 Å². The van der Waals surface area contributed by atoms with E-state index in [1.165, 1.54) is 0 Å². The standard InChI is InChI=1S/C22H29N3O4/c1-27-17-9-8-16(14-18(17)28-2)22(10-4-5-11-22)21-24-19(29-25-21)13-15-7-3-6-12-23-20(15)26/h8-9,14-15H,3-7,10-13H2,1-2H3,(H,23,26). The Bertz CT molecular complexity index is 857. The summed E-state index contributed by atoms with van der Waals surface area (Å²) < 4.78 is 16.5. The summed E-state index contributed by atoms with van der Waals surface area (Å²) in [6, 6.07) is 6.03. The number of methoxy groups -OCH3 is 2. The first-order valence-electron chi connectivity index (χ1n) is 10.5. The second kappa shape index (κ2) is 8.43. The van der Waals surface area contributed by atoms with E-state index >= 15 is 0 Å². The zero-order valence-corrected chi connectivity index (χ0v) is 17.2. The molecule has 1 N–H and O–H groups in total. The second-order valence-corrected chi connectivity index (χ2v) is 8.06. The van der Waals surface area contributed by atoms with E-state index in [0.717, 1.165) is 57.1 Å². The summed E-state index contributed by atoms with van der Waals surface area (Å²) in [7, 11) is 3.28. The molecule has 1 saturated carbocycles. The Balaban J connectivity index is 1.62. The van der Waals surface area contributed by atoms with Gasteiger partial charge < -0.3 is 19.3 Å². The predicted molar refractivity (Wildman–Crippen MR) is 107 cm³/mol. The number of nitrogens with one attached hydrogen (secondary N) is 1. The van der Waals surface area contributed by atoms with E-state index in [1.807, 2.05) is 12.1 Å². The minimum absolute atomic E-state index is 0.0913.